The highest BCUT2D eigenvalue weighted by molar-refractivity contribution is 4.51. The highest BCUT2D eigenvalue weighted by atomic mass is 14.0. The van der Waals surface area contributed by atoms with Crippen LogP contribution in [0.5, 0.6) is 0 Å². The van der Waals surface area contributed by atoms with Crippen molar-refractivity contribution in [2.24, 2.45) is 0 Å². The lowest BCUT2D eigenvalue weighted by molar-refractivity contribution is 0.504. The van der Waals surface area contributed by atoms with E-state index in [1.54, 1.807) is 0 Å². The SMILES string of the molecule is C1CCCCCCC1.CCCCCCCCCCC. The lowest BCUT2D eigenvalue weighted by Crippen LogP contribution is -1.85. The summed E-state index contributed by atoms with van der Waals surface area (Å²) in [5, 5.41) is 0. The average Bonchev–Trinajstić information content (AvgIpc) is 2.38. The molecule has 0 aromatic carbocycles. The first-order chi connectivity index (χ1) is 9.41. The second kappa shape index (κ2) is 18.0. The first-order valence-corrected chi connectivity index (χ1v) is 9.41. The van der Waals surface area contributed by atoms with Crippen LogP contribution >= 0.6 is 0 Å². The predicted octanol–water partition coefficient (Wildman–Crippen LogP) is 7.66. The lowest BCUT2D eigenvalue weighted by atomic mass is 10.0. The molecule has 1 aliphatic carbocycles. The maximum Gasteiger partial charge on any atom is -0.0533 e. The zero-order valence-electron chi connectivity index (χ0n) is 14.0. The van der Waals surface area contributed by atoms with E-state index in [4.69, 9.17) is 0 Å². The Hall–Kier alpha value is 0. The fourth-order valence-electron chi connectivity index (χ4n) is 2.80. The van der Waals surface area contributed by atoms with E-state index in [-0.39, 0.29) is 0 Å². The van der Waals surface area contributed by atoms with Crippen molar-refractivity contribution in [3.8, 4) is 0 Å². The van der Waals surface area contributed by atoms with Crippen LogP contribution in [0.2, 0.25) is 0 Å². The Labute approximate surface area is 123 Å². The summed E-state index contributed by atoms with van der Waals surface area (Å²) in [7, 11) is 0. The summed E-state index contributed by atoms with van der Waals surface area (Å²) in [6, 6.07) is 0. The minimum atomic E-state index is 1.37. The minimum absolute atomic E-state index is 1.37. The third-order valence-corrected chi connectivity index (χ3v) is 4.21. The van der Waals surface area contributed by atoms with Crippen molar-refractivity contribution in [1.82, 2.24) is 0 Å². The fourth-order valence-corrected chi connectivity index (χ4v) is 2.80. The van der Waals surface area contributed by atoms with Crippen molar-refractivity contribution >= 4 is 0 Å². The molecule has 0 aromatic heterocycles. The van der Waals surface area contributed by atoms with Crippen molar-refractivity contribution in [3.05, 3.63) is 0 Å². The molecule has 0 heteroatoms. The third kappa shape index (κ3) is 18.0. The average molecular weight is 269 g/mol. The summed E-state index contributed by atoms with van der Waals surface area (Å²) in [4.78, 5) is 0. The Kier molecular flexibility index (Phi) is 18.0. The van der Waals surface area contributed by atoms with Crippen LogP contribution in [0.4, 0.5) is 0 Å². The van der Waals surface area contributed by atoms with E-state index in [0.29, 0.717) is 0 Å². The van der Waals surface area contributed by atoms with Gasteiger partial charge >= 0.3 is 0 Å². The van der Waals surface area contributed by atoms with E-state index in [0.717, 1.165) is 0 Å². The van der Waals surface area contributed by atoms with E-state index in [1.807, 2.05) is 0 Å². The van der Waals surface area contributed by atoms with Crippen LogP contribution in [-0.4, -0.2) is 0 Å². The molecule has 0 aromatic rings. The van der Waals surface area contributed by atoms with Gasteiger partial charge in [-0.2, -0.15) is 0 Å². The van der Waals surface area contributed by atoms with E-state index in [9.17, 15) is 0 Å². The molecule has 1 saturated carbocycles. The van der Waals surface area contributed by atoms with Crippen LogP contribution in [0.25, 0.3) is 0 Å². The lowest BCUT2D eigenvalue weighted by Gasteiger charge is -2.05. The van der Waals surface area contributed by atoms with Gasteiger partial charge in [0.25, 0.3) is 0 Å². The van der Waals surface area contributed by atoms with Gasteiger partial charge in [-0.1, -0.05) is 123 Å². The molecule has 0 amide bonds. The molecule has 116 valence electrons. The molecule has 0 N–H and O–H groups in total. The molecule has 0 saturated heterocycles. The van der Waals surface area contributed by atoms with Gasteiger partial charge in [0, 0.05) is 0 Å². The van der Waals surface area contributed by atoms with Crippen LogP contribution in [0, 0.1) is 0 Å². The largest absolute Gasteiger partial charge is 0.0654 e. The summed E-state index contributed by atoms with van der Waals surface area (Å²) >= 11 is 0. The number of unbranched alkanes of at least 4 members (excludes halogenated alkanes) is 8. The molecule has 0 bridgehead atoms. The van der Waals surface area contributed by atoms with Crippen molar-refractivity contribution in [3.63, 3.8) is 0 Å². The van der Waals surface area contributed by atoms with Crippen molar-refractivity contribution in [2.75, 3.05) is 0 Å². The van der Waals surface area contributed by atoms with Crippen LogP contribution in [-0.2, 0) is 0 Å². The van der Waals surface area contributed by atoms with E-state index >= 15 is 0 Å². The molecule has 1 fully saturated rings. The maximum absolute atomic E-state index is 2.27. The summed E-state index contributed by atoms with van der Waals surface area (Å²) in [6.45, 7) is 4.55. The number of hydrogen-bond acceptors (Lipinski definition) is 0. The van der Waals surface area contributed by atoms with E-state index in [1.165, 1.54) is 109 Å². The zero-order chi connectivity index (χ0) is 14.0. The Morgan fingerprint density at radius 1 is 0.368 bits per heavy atom. The van der Waals surface area contributed by atoms with Crippen LogP contribution in [0.15, 0.2) is 0 Å². The molecule has 1 aliphatic rings. The Bertz CT molecular complexity index is 107. The Morgan fingerprint density at radius 3 is 0.789 bits per heavy atom. The van der Waals surface area contributed by atoms with Gasteiger partial charge in [0.05, 0.1) is 0 Å². The van der Waals surface area contributed by atoms with Gasteiger partial charge in [0.1, 0.15) is 0 Å². The van der Waals surface area contributed by atoms with Gasteiger partial charge in [-0.05, 0) is 0 Å². The molecule has 0 unspecified atom stereocenters. The van der Waals surface area contributed by atoms with Gasteiger partial charge in [-0.15, -0.1) is 0 Å². The molecule has 0 spiro atoms. The van der Waals surface area contributed by atoms with Gasteiger partial charge in [0.2, 0.25) is 0 Å². The second-order valence-corrected chi connectivity index (χ2v) is 6.30. The highest BCUT2D eigenvalue weighted by Gasteiger charge is 1.95. The molecular formula is C19H40. The molecular weight excluding hydrogens is 228 g/mol. The van der Waals surface area contributed by atoms with Crippen LogP contribution in [0.3, 0.4) is 0 Å². The second-order valence-electron chi connectivity index (χ2n) is 6.30. The highest BCUT2D eigenvalue weighted by Crippen LogP contribution is 2.15. The summed E-state index contributed by atoms with van der Waals surface area (Å²) in [5.41, 5.74) is 0. The molecule has 0 heterocycles. The smallest absolute Gasteiger partial charge is 0.0533 e. The van der Waals surface area contributed by atoms with Crippen LogP contribution < -0.4 is 0 Å². The standard InChI is InChI=1S/C11H24.C8H16/c1-3-5-7-9-11-10-8-6-4-2;1-2-4-6-8-7-5-3-1/h3-11H2,1-2H3;1-8H2. The molecule has 19 heavy (non-hydrogen) atoms. The molecule has 0 atom stereocenters. The monoisotopic (exact) mass is 268 g/mol. The third-order valence-electron chi connectivity index (χ3n) is 4.21. The van der Waals surface area contributed by atoms with Crippen molar-refractivity contribution in [2.45, 2.75) is 123 Å². The van der Waals surface area contributed by atoms with Gasteiger partial charge in [-0.25, -0.2) is 0 Å². The van der Waals surface area contributed by atoms with Gasteiger partial charge in [-0.3, -0.25) is 0 Å². The first-order valence-electron chi connectivity index (χ1n) is 9.41. The Morgan fingerprint density at radius 2 is 0.579 bits per heavy atom. The fraction of sp³-hybridized carbons (Fsp3) is 1.00. The number of hydrogen-bond donors (Lipinski definition) is 0. The quantitative estimate of drug-likeness (QED) is 0.396. The summed E-state index contributed by atoms with van der Waals surface area (Å²) in [5.74, 6) is 0. The van der Waals surface area contributed by atoms with Crippen molar-refractivity contribution < 1.29 is 0 Å². The normalized spacial score (nSPS) is 16.1. The van der Waals surface area contributed by atoms with Gasteiger partial charge < -0.3 is 0 Å². The maximum atomic E-state index is 2.27. The Balaban J connectivity index is 0.000000356. The molecule has 0 radical (unpaired) electrons. The first kappa shape index (κ1) is 19.0. The predicted molar refractivity (Wildman–Crippen MR) is 89.8 cm³/mol. The van der Waals surface area contributed by atoms with Gasteiger partial charge in [0.15, 0.2) is 0 Å². The number of rotatable bonds is 8. The summed E-state index contributed by atoms with van der Waals surface area (Å²) in [6.07, 6.45) is 25.0. The topological polar surface area (TPSA) is 0 Å². The van der Waals surface area contributed by atoms with Crippen molar-refractivity contribution in [1.29, 1.82) is 0 Å². The minimum Gasteiger partial charge on any atom is -0.0654 e. The molecule has 0 nitrogen and oxygen atoms in total. The van der Waals surface area contributed by atoms with E-state index in [2.05, 4.69) is 13.8 Å². The molecule has 1 rings (SSSR count). The molecule has 0 aliphatic heterocycles. The van der Waals surface area contributed by atoms with E-state index < -0.39 is 0 Å². The summed E-state index contributed by atoms with van der Waals surface area (Å²) < 4.78 is 0. The van der Waals surface area contributed by atoms with Crippen LogP contribution in [0.1, 0.15) is 123 Å². The zero-order valence-corrected chi connectivity index (χ0v) is 14.0.